The Kier molecular flexibility index (Phi) is 9.19. The van der Waals surface area contributed by atoms with Gasteiger partial charge in [-0.25, -0.2) is 4.99 Å². The van der Waals surface area contributed by atoms with Crippen molar-refractivity contribution < 1.29 is 14.3 Å². The van der Waals surface area contributed by atoms with Crippen LogP contribution < -0.4 is 15.4 Å². The number of aliphatic imine (C=N–C) groups is 1. The Morgan fingerprint density at radius 3 is 2.73 bits per heavy atom. The molecule has 166 valence electrons. The van der Waals surface area contributed by atoms with E-state index >= 15 is 0 Å². The quantitative estimate of drug-likeness (QED) is 0.345. The molecule has 0 bridgehead atoms. The Hall–Kier alpha value is -2.04. The van der Waals surface area contributed by atoms with Gasteiger partial charge in [-0.05, 0) is 12.5 Å². The van der Waals surface area contributed by atoms with Gasteiger partial charge in [-0.1, -0.05) is 25.1 Å². The molecule has 30 heavy (non-hydrogen) atoms. The molecule has 2 amide bonds. The maximum absolute atomic E-state index is 12.0. The molecule has 8 nitrogen and oxygen atoms in total. The minimum atomic E-state index is -0.0623. The Morgan fingerprint density at radius 1 is 1.23 bits per heavy atom. The highest BCUT2D eigenvalue weighted by Crippen LogP contribution is 2.31. The highest BCUT2D eigenvalue weighted by atomic mass is 127. The number of halogens is 1. The molecule has 2 aliphatic heterocycles. The number of benzene rings is 1. The average molecular weight is 529 g/mol. The van der Waals surface area contributed by atoms with Crippen molar-refractivity contribution in [2.75, 3.05) is 40.3 Å². The van der Waals surface area contributed by atoms with Gasteiger partial charge in [-0.15, -0.1) is 24.0 Å². The van der Waals surface area contributed by atoms with Crippen molar-refractivity contribution in [2.24, 2.45) is 4.99 Å². The Labute approximate surface area is 195 Å². The van der Waals surface area contributed by atoms with E-state index in [0.717, 1.165) is 30.7 Å². The molecule has 9 heteroatoms. The maximum Gasteiger partial charge on any atom is 0.243 e. The molecule has 2 aliphatic rings. The van der Waals surface area contributed by atoms with Crippen LogP contribution in [0, 0.1) is 0 Å². The summed E-state index contributed by atoms with van der Waals surface area (Å²) in [5.41, 5.74) is 1.08. The van der Waals surface area contributed by atoms with Crippen molar-refractivity contribution in [1.29, 1.82) is 0 Å². The first-order valence-corrected chi connectivity index (χ1v) is 10.2. The molecule has 0 radical (unpaired) electrons. The van der Waals surface area contributed by atoms with Gasteiger partial charge in [-0.2, -0.15) is 0 Å². The van der Waals surface area contributed by atoms with Crippen molar-refractivity contribution in [3.63, 3.8) is 0 Å². The smallest absolute Gasteiger partial charge is 0.243 e. The van der Waals surface area contributed by atoms with Gasteiger partial charge in [0.25, 0.3) is 0 Å². The summed E-state index contributed by atoms with van der Waals surface area (Å²) in [6.07, 6.45) is 2.19. The van der Waals surface area contributed by atoms with Gasteiger partial charge < -0.3 is 25.2 Å². The number of nitrogens with one attached hydrogen (secondary N) is 2. The van der Waals surface area contributed by atoms with Crippen molar-refractivity contribution in [1.82, 2.24) is 20.4 Å². The third-order valence-electron chi connectivity index (χ3n) is 5.32. The van der Waals surface area contributed by atoms with E-state index in [2.05, 4.69) is 15.6 Å². The zero-order valence-electron chi connectivity index (χ0n) is 17.9. The number of ether oxygens (including phenoxy) is 1. The van der Waals surface area contributed by atoms with E-state index < -0.39 is 0 Å². The molecule has 2 N–H and O–H groups in total. The summed E-state index contributed by atoms with van der Waals surface area (Å²) >= 11 is 0. The third-order valence-corrected chi connectivity index (χ3v) is 5.32. The van der Waals surface area contributed by atoms with Gasteiger partial charge in [0.15, 0.2) is 5.96 Å². The second kappa shape index (κ2) is 11.4. The van der Waals surface area contributed by atoms with Gasteiger partial charge >= 0.3 is 0 Å². The number of carbonyl (C=O) groups is 2. The van der Waals surface area contributed by atoms with Gasteiger partial charge in [0.2, 0.25) is 11.8 Å². The summed E-state index contributed by atoms with van der Waals surface area (Å²) in [6.45, 7) is 3.97. The number of likely N-dealkylation sites (N-methyl/N-ethyl adjacent to an activating group) is 1. The molecule has 0 spiro atoms. The number of likely N-dealkylation sites (tertiary alicyclic amines) is 1. The van der Waals surface area contributed by atoms with Crippen LogP contribution in [0.3, 0.4) is 0 Å². The monoisotopic (exact) mass is 529 g/mol. The lowest BCUT2D eigenvalue weighted by Crippen LogP contribution is -2.47. The van der Waals surface area contributed by atoms with E-state index in [1.54, 1.807) is 14.1 Å². The standard InChI is InChI=1S/C21H31N5O3.HI/c1-4-19(27)26-11-9-15(14-26)23-21(22-13-20(28)25(2)3)24-17-10-12-29-18-8-6-5-7-16(17)18;/h5-8,15,17H,4,9-14H2,1-3H3,(H2,22,23,24);1H. The molecule has 1 saturated heterocycles. The van der Waals surface area contributed by atoms with Crippen LogP contribution in [-0.2, 0) is 9.59 Å². The summed E-state index contributed by atoms with van der Waals surface area (Å²) < 4.78 is 5.75. The van der Waals surface area contributed by atoms with Gasteiger partial charge in [-0.3, -0.25) is 9.59 Å². The summed E-state index contributed by atoms with van der Waals surface area (Å²) in [6, 6.07) is 8.13. The van der Waals surface area contributed by atoms with Gasteiger partial charge in [0.1, 0.15) is 12.3 Å². The molecule has 1 aromatic carbocycles. The molecular weight excluding hydrogens is 497 g/mol. The predicted molar refractivity (Wildman–Crippen MR) is 127 cm³/mol. The second-order valence-electron chi connectivity index (χ2n) is 7.65. The molecule has 0 saturated carbocycles. The lowest BCUT2D eigenvalue weighted by molar-refractivity contribution is -0.130. The fraction of sp³-hybridized carbons (Fsp3) is 0.571. The number of carbonyl (C=O) groups excluding carboxylic acids is 2. The first-order chi connectivity index (χ1) is 14.0. The SMILES string of the molecule is CCC(=O)N1CCC(NC(=NCC(=O)N(C)C)NC2CCOc3ccccc32)C1.I. The molecule has 2 unspecified atom stereocenters. The van der Waals surface area contributed by atoms with Crippen LogP contribution >= 0.6 is 24.0 Å². The van der Waals surface area contributed by atoms with E-state index in [-0.39, 0.29) is 54.4 Å². The Morgan fingerprint density at radius 2 is 2.00 bits per heavy atom. The first-order valence-electron chi connectivity index (χ1n) is 10.2. The summed E-state index contributed by atoms with van der Waals surface area (Å²) in [7, 11) is 3.44. The summed E-state index contributed by atoms with van der Waals surface area (Å²) in [5.74, 6) is 1.58. The van der Waals surface area contributed by atoms with Crippen LogP contribution in [0.25, 0.3) is 0 Å². The topological polar surface area (TPSA) is 86.3 Å². The van der Waals surface area contributed by atoms with E-state index in [1.165, 1.54) is 4.90 Å². The van der Waals surface area contributed by atoms with Crippen molar-refractivity contribution >= 4 is 41.8 Å². The largest absolute Gasteiger partial charge is 0.493 e. The first kappa shape index (κ1) is 24.2. The van der Waals surface area contributed by atoms with Gasteiger partial charge in [0.05, 0.1) is 12.6 Å². The number of nitrogens with zero attached hydrogens (tertiary/aromatic N) is 3. The van der Waals surface area contributed by atoms with Crippen LogP contribution in [0.2, 0.25) is 0 Å². The molecule has 1 aromatic rings. The van der Waals surface area contributed by atoms with Crippen molar-refractivity contribution in [3.8, 4) is 5.75 Å². The second-order valence-corrected chi connectivity index (χ2v) is 7.65. The fourth-order valence-electron chi connectivity index (χ4n) is 3.60. The minimum Gasteiger partial charge on any atom is -0.493 e. The molecule has 2 heterocycles. The summed E-state index contributed by atoms with van der Waals surface area (Å²) in [5, 5.41) is 6.91. The van der Waals surface area contributed by atoms with Crippen LogP contribution in [0.5, 0.6) is 5.75 Å². The average Bonchev–Trinajstić information content (AvgIpc) is 3.19. The normalized spacial score (nSPS) is 20.5. The van der Waals surface area contributed by atoms with Crippen LogP contribution in [0.15, 0.2) is 29.3 Å². The Bertz CT molecular complexity index is 771. The zero-order chi connectivity index (χ0) is 20.8. The van der Waals surface area contributed by atoms with E-state index in [9.17, 15) is 9.59 Å². The lowest BCUT2D eigenvalue weighted by atomic mass is 10.0. The van der Waals surface area contributed by atoms with Crippen molar-refractivity contribution in [2.45, 2.75) is 38.3 Å². The minimum absolute atomic E-state index is 0. The molecule has 2 atom stereocenters. The fourth-order valence-corrected chi connectivity index (χ4v) is 3.60. The maximum atomic E-state index is 12.0. The highest BCUT2D eigenvalue weighted by molar-refractivity contribution is 14.0. The number of fused-ring (bicyclic) bond motifs is 1. The highest BCUT2D eigenvalue weighted by Gasteiger charge is 2.28. The Balaban J connectivity index is 0.00000320. The van der Waals surface area contributed by atoms with Crippen molar-refractivity contribution in [3.05, 3.63) is 29.8 Å². The van der Waals surface area contributed by atoms with Crippen LogP contribution in [0.1, 0.15) is 37.8 Å². The summed E-state index contributed by atoms with van der Waals surface area (Å²) in [4.78, 5) is 32.0. The van der Waals surface area contributed by atoms with E-state index in [1.807, 2.05) is 36.1 Å². The number of hydrogen-bond donors (Lipinski definition) is 2. The van der Waals surface area contributed by atoms with E-state index in [0.29, 0.717) is 25.5 Å². The molecule has 0 aromatic heterocycles. The predicted octanol–water partition coefficient (Wildman–Crippen LogP) is 1.76. The number of guanidine groups is 1. The van der Waals surface area contributed by atoms with E-state index in [4.69, 9.17) is 4.74 Å². The number of amides is 2. The number of rotatable bonds is 5. The number of hydrogen-bond acceptors (Lipinski definition) is 4. The molecule has 3 rings (SSSR count). The number of para-hydroxylation sites is 1. The molecule has 0 aliphatic carbocycles. The lowest BCUT2D eigenvalue weighted by Gasteiger charge is -2.29. The third kappa shape index (κ3) is 6.23. The van der Waals surface area contributed by atoms with Gasteiger partial charge in [0, 0.05) is 51.6 Å². The zero-order valence-corrected chi connectivity index (χ0v) is 20.2. The molecule has 1 fully saturated rings. The van der Waals surface area contributed by atoms with Crippen LogP contribution in [0.4, 0.5) is 0 Å². The molecular formula is C21H32IN5O3. The van der Waals surface area contributed by atoms with Crippen LogP contribution in [-0.4, -0.2) is 74.0 Å².